The summed E-state index contributed by atoms with van der Waals surface area (Å²) in [6, 6.07) is 14.5. The number of nitrogen functional groups attached to an aromatic ring is 1. The van der Waals surface area contributed by atoms with E-state index in [4.69, 9.17) is 5.73 Å². The highest BCUT2D eigenvalue weighted by atomic mass is 15.1. The van der Waals surface area contributed by atoms with Crippen molar-refractivity contribution in [1.29, 1.82) is 0 Å². The monoisotopic (exact) mass is 255 g/mol. The Morgan fingerprint density at radius 1 is 0.789 bits per heavy atom. The molecule has 100 valence electrons. The lowest BCUT2D eigenvalue weighted by Gasteiger charge is -2.19. The number of rotatable bonds is 3. The van der Waals surface area contributed by atoms with Crippen molar-refractivity contribution in [2.45, 2.75) is 0 Å². The Hall–Kier alpha value is -2.16. The van der Waals surface area contributed by atoms with Crippen molar-refractivity contribution < 1.29 is 0 Å². The van der Waals surface area contributed by atoms with Crippen LogP contribution < -0.4 is 15.5 Å². The molecule has 0 atom stereocenters. The maximum absolute atomic E-state index is 5.92. The molecule has 0 fully saturated rings. The first kappa shape index (κ1) is 13.3. The predicted octanol–water partition coefficient (Wildman–Crippen LogP) is 3.07. The Morgan fingerprint density at radius 3 is 1.95 bits per heavy atom. The van der Waals surface area contributed by atoms with Crippen LogP contribution in [0.25, 0.3) is 11.1 Å². The van der Waals surface area contributed by atoms with Crippen molar-refractivity contribution in [2.24, 2.45) is 0 Å². The molecule has 0 saturated carbocycles. The van der Waals surface area contributed by atoms with Crippen LogP contribution in [-0.4, -0.2) is 28.2 Å². The normalized spacial score (nSPS) is 10.3. The van der Waals surface area contributed by atoms with Gasteiger partial charge in [-0.1, -0.05) is 12.1 Å². The molecule has 0 heterocycles. The van der Waals surface area contributed by atoms with Gasteiger partial charge in [-0.25, -0.2) is 0 Å². The Morgan fingerprint density at radius 2 is 1.42 bits per heavy atom. The molecule has 2 aromatic carbocycles. The Bertz CT molecular complexity index is 557. The summed E-state index contributed by atoms with van der Waals surface area (Å²) in [5.74, 6) is 0. The summed E-state index contributed by atoms with van der Waals surface area (Å²) >= 11 is 0. The molecule has 0 spiro atoms. The minimum Gasteiger partial charge on any atom is -0.399 e. The van der Waals surface area contributed by atoms with Crippen LogP contribution in [0.1, 0.15) is 0 Å². The van der Waals surface area contributed by atoms with Gasteiger partial charge in [0.1, 0.15) is 0 Å². The fourth-order valence-corrected chi connectivity index (χ4v) is 2.11. The quantitative estimate of drug-likeness (QED) is 0.856. The summed E-state index contributed by atoms with van der Waals surface area (Å²) in [4.78, 5) is 4.20. The van der Waals surface area contributed by atoms with Crippen LogP contribution in [0.4, 0.5) is 17.1 Å². The van der Waals surface area contributed by atoms with E-state index in [1.165, 1.54) is 16.9 Å². The fraction of sp³-hybridized carbons (Fsp3) is 0.250. The molecule has 0 aliphatic heterocycles. The molecule has 0 saturated heterocycles. The van der Waals surface area contributed by atoms with Gasteiger partial charge in [-0.05, 0) is 35.9 Å². The van der Waals surface area contributed by atoms with E-state index in [2.05, 4.69) is 40.1 Å². The first-order valence-corrected chi connectivity index (χ1v) is 6.33. The van der Waals surface area contributed by atoms with E-state index in [1.807, 2.05) is 40.3 Å². The van der Waals surface area contributed by atoms with Gasteiger partial charge in [0.15, 0.2) is 0 Å². The van der Waals surface area contributed by atoms with Crippen LogP contribution in [0.3, 0.4) is 0 Å². The van der Waals surface area contributed by atoms with Gasteiger partial charge in [0.05, 0.1) is 0 Å². The van der Waals surface area contributed by atoms with Crippen LogP contribution >= 0.6 is 0 Å². The van der Waals surface area contributed by atoms with E-state index in [0.29, 0.717) is 0 Å². The number of anilines is 3. The molecule has 2 aromatic rings. The summed E-state index contributed by atoms with van der Waals surface area (Å²) in [5, 5.41) is 0. The van der Waals surface area contributed by atoms with Crippen molar-refractivity contribution in [3.63, 3.8) is 0 Å². The molecular formula is C16H21N3. The number of nitrogens with two attached hydrogens (primary N) is 1. The lowest BCUT2D eigenvalue weighted by molar-refractivity contribution is 1.13. The third-order valence-electron chi connectivity index (χ3n) is 3.20. The van der Waals surface area contributed by atoms with Crippen LogP contribution in [0.2, 0.25) is 0 Å². The highest BCUT2D eigenvalue weighted by molar-refractivity contribution is 5.81. The first-order chi connectivity index (χ1) is 8.99. The van der Waals surface area contributed by atoms with Gasteiger partial charge in [-0.3, -0.25) is 0 Å². The molecule has 2 N–H and O–H groups in total. The maximum Gasteiger partial charge on any atom is 0.0442 e. The van der Waals surface area contributed by atoms with Crippen LogP contribution in [-0.2, 0) is 0 Å². The highest BCUT2D eigenvalue weighted by Gasteiger charge is 2.08. The lowest BCUT2D eigenvalue weighted by Crippen LogP contribution is -2.10. The summed E-state index contributed by atoms with van der Waals surface area (Å²) < 4.78 is 0. The Balaban J connectivity index is 2.48. The van der Waals surface area contributed by atoms with E-state index < -0.39 is 0 Å². The standard InChI is InChI=1S/C16H21N3/c1-18(2)14-8-5-12(6-9-14)15-11-13(17)7-10-16(15)19(3)4/h5-11H,17H2,1-4H3. The van der Waals surface area contributed by atoms with Crippen LogP contribution in [0.15, 0.2) is 42.5 Å². The largest absolute Gasteiger partial charge is 0.399 e. The number of hydrogen-bond donors (Lipinski definition) is 1. The Kier molecular flexibility index (Phi) is 3.65. The molecule has 0 amide bonds. The van der Waals surface area contributed by atoms with Crippen molar-refractivity contribution in [3.8, 4) is 11.1 Å². The van der Waals surface area contributed by atoms with Gasteiger partial charge in [0.2, 0.25) is 0 Å². The summed E-state index contributed by atoms with van der Waals surface area (Å²) in [6.45, 7) is 0. The summed E-state index contributed by atoms with van der Waals surface area (Å²) in [6.07, 6.45) is 0. The smallest absolute Gasteiger partial charge is 0.0442 e. The molecule has 19 heavy (non-hydrogen) atoms. The zero-order valence-electron chi connectivity index (χ0n) is 12.0. The third kappa shape index (κ3) is 2.81. The SMILES string of the molecule is CN(C)c1ccc(-c2cc(N)ccc2N(C)C)cc1. The molecule has 0 aliphatic carbocycles. The maximum atomic E-state index is 5.92. The molecule has 0 radical (unpaired) electrons. The number of nitrogens with zero attached hydrogens (tertiary/aromatic N) is 2. The molecule has 0 bridgehead atoms. The van der Waals surface area contributed by atoms with E-state index in [-0.39, 0.29) is 0 Å². The fourth-order valence-electron chi connectivity index (χ4n) is 2.11. The number of hydrogen-bond acceptors (Lipinski definition) is 3. The van der Waals surface area contributed by atoms with Crippen LogP contribution in [0.5, 0.6) is 0 Å². The minimum absolute atomic E-state index is 0.789. The molecule has 0 aromatic heterocycles. The van der Waals surface area contributed by atoms with Crippen LogP contribution in [0, 0.1) is 0 Å². The summed E-state index contributed by atoms with van der Waals surface area (Å²) in [5.41, 5.74) is 11.4. The second-order valence-corrected chi connectivity index (χ2v) is 5.11. The molecule has 3 heteroatoms. The minimum atomic E-state index is 0.789. The van der Waals surface area contributed by atoms with Gasteiger partial charge in [0, 0.05) is 50.8 Å². The molecule has 0 aliphatic rings. The number of benzene rings is 2. The average molecular weight is 255 g/mol. The van der Waals surface area contributed by atoms with E-state index in [1.54, 1.807) is 0 Å². The van der Waals surface area contributed by atoms with Gasteiger partial charge in [-0.15, -0.1) is 0 Å². The van der Waals surface area contributed by atoms with E-state index in [9.17, 15) is 0 Å². The molecule has 3 nitrogen and oxygen atoms in total. The second-order valence-electron chi connectivity index (χ2n) is 5.11. The van der Waals surface area contributed by atoms with Crippen molar-refractivity contribution in [2.75, 3.05) is 43.7 Å². The molecular weight excluding hydrogens is 234 g/mol. The van der Waals surface area contributed by atoms with E-state index in [0.717, 1.165) is 11.3 Å². The van der Waals surface area contributed by atoms with Crippen molar-refractivity contribution in [1.82, 2.24) is 0 Å². The zero-order chi connectivity index (χ0) is 14.0. The summed E-state index contributed by atoms with van der Waals surface area (Å²) in [7, 11) is 8.17. The van der Waals surface area contributed by atoms with Crippen molar-refractivity contribution >= 4 is 17.1 Å². The second kappa shape index (κ2) is 5.22. The van der Waals surface area contributed by atoms with Gasteiger partial charge in [0.25, 0.3) is 0 Å². The van der Waals surface area contributed by atoms with Gasteiger partial charge in [-0.2, -0.15) is 0 Å². The topological polar surface area (TPSA) is 32.5 Å². The third-order valence-corrected chi connectivity index (χ3v) is 3.20. The lowest BCUT2D eigenvalue weighted by atomic mass is 10.0. The van der Waals surface area contributed by atoms with Gasteiger partial charge >= 0.3 is 0 Å². The Labute approximate surface area is 115 Å². The van der Waals surface area contributed by atoms with E-state index >= 15 is 0 Å². The van der Waals surface area contributed by atoms with Gasteiger partial charge < -0.3 is 15.5 Å². The van der Waals surface area contributed by atoms with Crippen molar-refractivity contribution in [3.05, 3.63) is 42.5 Å². The predicted molar refractivity (Wildman–Crippen MR) is 84.9 cm³/mol. The molecule has 2 rings (SSSR count). The molecule has 0 unspecified atom stereocenters. The first-order valence-electron chi connectivity index (χ1n) is 6.33. The average Bonchev–Trinajstić information content (AvgIpc) is 2.38. The highest BCUT2D eigenvalue weighted by Crippen LogP contribution is 2.32. The zero-order valence-corrected chi connectivity index (χ0v) is 12.0.